The van der Waals surface area contributed by atoms with Gasteiger partial charge in [-0.1, -0.05) is 20.8 Å². The number of amidine groups is 1. The Labute approximate surface area is 219 Å². The smallest absolute Gasteiger partial charge is 0.224 e. The summed E-state index contributed by atoms with van der Waals surface area (Å²) in [7, 11) is 1.60. The minimum atomic E-state index is -0.190. The monoisotopic (exact) mass is 506 g/mol. The molecular formula is C29H38N4O4. The average Bonchev–Trinajstić information content (AvgIpc) is 3.16. The molecule has 2 aromatic carbocycles. The summed E-state index contributed by atoms with van der Waals surface area (Å²) >= 11 is 0. The van der Waals surface area contributed by atoms with Gasteiger partial charge in [0.15, 0.2) is 5.78 Å². The Kier molecular flexibility index (Phi) is 7.48. The molecule has 2 aromatic rings. The quantitative estimate of drug-likeness (QED) is 0.527. The highest BCUT2D eigenvalue weighted by Crippen LogP contribution is 2.42. The molecule has 4 rings (SSSR count). The van der Waals surface area contributed by atoms with Gasteiger partial charge in [0.05, 0.1) is 31.8 Å². The van der Waals surface area contributed by atoms with E-state index >= 15 is 0 Å². The lowest BCUT2D eigenvalue weighted by Gasteiger charge is -2.35. The predicted octanol–water partition coefficient (Wildman–Crippen LogP) is 3.91. The lowest BCUT2D eigenvalue weighted by atomic mass is 9.84. The Balaban J connectivity index is 1.62. The van der Waals surface area contributed by atoms with Gasteiger partial charge in [-0.2, -0.15) is 0 Å². The third-order valence-electron chi connectivity index (χ3n) is 7.01. The zero-order valence-corrected chi connectivity index (χ0v) is 22.8. The molecule has 1 amide bonds. The summed E-state index contributed by atoms with van der Waals surface area (Å²) in [5.41, 5.74) is 4.82. The first-order chi connectivity index (χ1) is 17.6. The Morgan fingerprint density at radius 1 is 1.14 bits per heavy atom. The zero-order chi connectivity index (χ0) is 26.9. The standard InChI is InChI=1S/C29H38N4O4/c1-7-32-9-10-37-27-22(29(3,4)5)12-18(13-23(27)32)24(34)17-33-16-20-14-25(36-8-2)19(15-26(35)31-6)11-21(20)28(33)30/h11-14,30H,7-10,15-17H2,1-6H3,(H,31,35). The number of carbonyl (C=O) groups excluding carboxylic acids is 2. The van der Waals surface area contributed by atoms with Crippen LogP contribution < -0.4 is 19.7 Å². The van der Waals surface area contributed by atoms with Crippen LogP contribution in [-0.2, 0) is 23.2 Å². The predicted molar refractivity (Wildman–Crippen MR) is 145 cm³/mol. The van der Waals surface area contributed by atoms with Crippen LogP contribution in [0.2, 0.25) is 0 Å². The first kappa shape index (κ1) is 26.5. The van der Waals surface area contributed by atoms with E-state index in [4.69, 9.17) is 14.9 Å². The van der Waals surface area contributed by atoms with Crippen LogP contribution in [0.1, 0.15) is 67.2 Å². The number of ether oxygens (including phenoxy) is 2. The Bertz CT molecular complexity index is 1230. The number of ketones is 1. The summed E-state index contributed by atoms with van der Waals surface area (Å²) in [5, 5.41) is 11.4. The van der Waals surface area contributed by atoms with Gasteiger partial charge >= 0.3 is 0 Å². The number of anilines is 1. The maximum Gasteiger partial charge on any atom is 0.224 e. The molecule has 2 aliphatic heterocycles. The topological polar surface area (TPSA) is 95.0 Å². The van der Waals surface area contributed by atoms with Crippen molar-refractivity contribution in [3.8, 4) is 11.5 Å². The summed E-state index contributed by atoms with van der Waals surface area (Å²) in [5.74, 6) is 1.64. The van der Waals surface area contributed by atoms with Gasteiger partial charge in [-0.3, -0.25) is 15.0 Å². The third kappa shape index (κ3) is 5.29. The lowest BCUT2D eigenvalue weighted by Crippen LogP contribution is -2.34. The van der Waals surface area contributed by atoms with Crippen LogP contribution in [-0.4, -0.2) is 62.3 Å². The summed E-state index contributed by atoms with van der Waals surface area (Å²) in [6, 6.07) is 7.66. The number of nitrogens with one attached hydrogen (secondary N) is 2. The van der Waals surface area contributed by atoms with Crippen molar-refractivity contribution in [2.24, 2.45) is 0 Å². The number of hydrogen-bond acceptors (Lipinski definition) is 6. The van der Waals surface area contributed by atoms with Crippen LogP contribution in [0.25, 0.3) is 0 Å². The highest BCUT2D eigenvalue weighted by atomic mass is 16.5. The molecule has 8 heteroatoms. The van der Waals surface area contributed by atoms with Crippen LogP contribution in [0.5, 0.6) is 11.5 Å². The molecule has 0 fully saturated rings. The molecule has 0 aliphatic carbocycles. The molecule has 8 nitrogen and oxygen atoms in total. The van der Waals surface area contributed by atoms with Crippen LogP contribution in [0, 0.1) is 5.41 Å². The van der Waals surface area contributed by atoms with E-state index in [1.54, 1.807) is 11.9 Å². The minimum absolute atomic E-state index is 0.0388. The SMILES string of the molecule is CCOc1cc2c(cc1CC(=O)NC)C(=N)N(CC(=O)c1cc3c(c(C(C)(C)C)c1)OCCN3CC)C2. The first-order valence-corrected chi connectivity index (χ1v) is 13.0. The van der Waals surface area contributed by atoms with Gasteiger partial charge in [0.25, 0.3) is 0 Å². The summed E-state index contributed by atoms with van der Waals surface area (Å²) in [4.78, 5) is 29.7. The lowest BCUT2D eigenvalue weighted by molar-refractivity contribution is -0.119. The van der Waals surface area contributed by atoms with Gasteiger partial charge in [0.1, 0.15) is 23.9 Å². The second-order valence-corrected chi connectivity index (χ2v) is 10.6. The van der Waals surface area contributed by atoms with Crippen molar-refractivity contribution >= 4 is 23.2 Å². The molecule has 2 N–H and O–H groups in total. The number of benzene rings is 2. The fraction of sp³-hybridized carbons (Fsp3) is 0.483. The van der Waals surface area contributed by atoms with Crippen molar-refractivity contribution < 1.29 is 19.1 Å². The zero-order valence-electron chi connectivity index (χ0n) is 22.8. The molecule has 0 unspecified atom stereocenters. The fourth-order valence-electron chi connectivity index (χ4n) is 4.99. The Morgan fingerprint density at radius 3 is 2.54 bits per heavy atom. The number of rotatable bonds is 8. The number of amides is 1. The number of nitrogens with zero attached hydrogens (tertiary/aromatic N) is 2. The molecule has 0 saturated carbocycles. The van der Waals surface area contributed by atoms with E-state index < -0.39 is 0 Å². The van der Waals surface area contributed by atoms with Gasteiger partial charge in [-0.15, -0.1) is 0 Å². The normalized spacial score (nSPS) is 14.7. The van der Waals surface area contributed by atoms with E-state index in [2.05, 4.69) is 37.9 Å². The second kappa shape index (κ2) is 10.4. The van der Waals surface area contributed by atoms with Gasteiger partial charge in [-0.05, 0) is 49.1 Å². The molecule has 198 valence electrons. The van der Waals surface area contributed by atoms with Crippen molar-refractivity contribution in [2.45, 2.75) is 53.0 Å². The van der Waals surface area contributed by atoms with Gasteiger partial charge < -0.3 is 24.6 Å². The first-order valence-electron chi connectivity index (χ1n) is 13.0. The molecule has 37 heavy (non-hydrogen) atoms. The molecule has 0 bridgehead atoms. The van der Waals surface area contributed by atoms with E-state index in [-0.39, 0.29) is 35.9 Å². The molecule has 0 saturated heterocycles. The van der Waals surface area contributed by atoms with Crippen molar-refractivity contribution in [1.29, 1.82) is 5.41 Å². The Morgan fingerprint density at radius 2 is 1.89 bits per heavy atom. The van der Waals surface area contributed by atoms with E-state index in [0.29, 0.717) is 31.1 Å². The van der Waals surface area contributed by atoms with Crippen molar-refractivity contribution in [1.82, 2.24) is 10.2 Å². The molecule has 0 radical (unpaired) electrons. The molecule has 0 aromatic heterocycles. The largest absolute Gasteiger partial charge is 0.494 e. The minimum Gasteiger partial charge on any atom is -0.494 e. The van der Waals surface area contributed by atoms with Crippen molar-refractivity contribution in [3.63, 3.8) is 0 Å². The number of hydrogen-bond donors (Lipinski definition) is 2. The summed E-state index contributed by atoms with van der Waals surface area (Å²) in [6.45, 7) is 13.7. The van der Waals surface area contributed by atoms with E-state index in [1.807, 2.05) is 31.2 Å². The van der Waals surface area contributed by atoms with Crippen LogP contribution >= 0.6 is 0 Å². The highest BCUT2D eigenvalue weighted by Gasteiger charge is 2.31. The van der Waals surface area contributed by atoms with Gasteiger partial charge in [-0.25, -0.2) is 0 Å². The average molecular weight is 507 g/mol. The van der Waals surface area contributed by atoms with Crippen molar-refractivity contribution in [3.05, 3.63) is 52.1 Å². The number of fused-ring (bicyclic) bond motifs is 2. The maximum absolute atomic E-state index is 13.6. The van der Waals surface area contributed by atoms with E-state index in [1.165, 1.54) is 0 Å². The maximum atomic E-state index is 13.6. The summed E-state index contributed by atoms with van der Waals surface area (Å²) < 4.78 is 11.9. The summed E-state index contributed by atoms with van der Waals surface area (Å²) in [6.07, 6.45) is 0.173. The second-order valence-electron chi connectivity index (χ2n) is 10.6. The van der Waals surface area contributed by atoms with Crippen LogP contribution in [0.15, 0.2) is 24.3 Å². The molecule has 2 heterocycles. The molecular weight excluding hydrogens is 468 g/mol. The van der Waals surface area contributed by atoms with E-state index in [9.17, 15) is 9.59 Å². The van der Waals surface area contributed by atoms with Gasteiger partial charge in [0.2, 0.25) is 5.91 Å². The van der Waals surface area contributed by atoms with Gasteiger partial charge in [0, 0.05) is 42.4 Å². The number of carbonyl (C=O) groups is 2. The van der Waals surface area contributed by atoms with Crippen LogP contribution in [0.3, 0.4) is 0 Å². The third-order valence-corrected chi connectivity index (χ3v) is 7.01. The molecule has 0 spiro atoms. The number of likely N-dealkylation sites (N-methyl/N-ethyl adjacent to an activating group) is 2. The van der Waals surface area contributed by atoms with E-state index in [0.717, 1.165) is 46.8 Å². The highest BCUT2D eigenvalue weighted by molar-refractivity contribution is 6.06. The van der Waals surface area contributed by atoms with Crippen LogP contribution in [0.4, 0.5) is 5.69 Å². The van der Waals surface area contributed by atoms with Crippen molar-refractivity contribution in [2.75, 3.05) is 44.8 Å². The number of Topliss-reactive ketones (excluding diaryl/α,β-unsaturated/α-hetero) is 1. The fourth-order valence-corrected chi connectivity index (χ4v) is 4.99. The molecule has 2 aliphatic rings. The Hall–Kier alpha value is -3.55. The molecule has 0 atom stereocenters.